The van der Waals surface area contributed by atoms with Gasteiger partial charge in [-0.3, -0.25) is 9.69 Å². The Morgan fingerprint density at radius 2 is 2.10 bits per heavy atom. The first kappa shape index (κ1) is 20.8. The van der Waals surface area contributed by atoms with E-state index in [0.29, 0.717) is 24.8 Å². The maximum absolute atomic E-state index is 12.8. The first-order valence-electron chi connectivity index (χ1n) is 8.96. The molecule has 0 bridgehead atoms. The molecule has 3 N–H and O–H groups in total. The Balaban J connectivity index is 1.75. The highest BCUT2D eigenvalue weighted by molar-refractivity contribution is 5.69. The first-order chi connectivity index (χ1) is 13.6. The normalized spacial score (nSPS) is 17.9. The van der Waals surface area contributed by atoms with Crippen molar-refractivity contribution in [2.75, 3.05) is 25.0 Å². The number of hydrogen-bond acceptors (Lipinski definition) is 7. The Kier molecular flexibility index (Phi) is 5.87. The number of aromatic hydroxyl groups is 1. The third-order valence-corrected chi connectivity index (χ3v) is 4.64. The molecule has 0 radical (unpaired) electrons. The lowest BCUT2D eigenvalue weighted by atomic mass is 10.1. The van der Waals surface area contributed by atoms with Crippen LogP contribution in [0.1, 0.15) is 24.1 Å². The molecule has 11 heteroatoms. The lowest BCUT2D eigenvalue weighted by Gasteiger charge is -2.31. The van der Waals surface area contributed by atoms with Crippen molar-refractivity contribution in [1.29, 1.82) is 0 Å². The van der Waals surface area contributed by atoms with Crippen LogP contribution in [0.15, 0.2) is 18.2 Å². The number of carbonyl (C=O) groups is 1. The van der Waals surface area contributed by atoms with Crippen LogP contribution in [0.2, 0.25) is 0 Å². The number of alkyl halides is 3. The standard InChI is InChI=1S/C18H20F3N5O3/c1-10-16(13-5-4-11(7-14(13)27)18(19,20)21)24-25-17(22-10)23-12-3-2-6-26(8-12)9-15(28)29/h4-5,7,12,27H,2-3,6,8-9H2,1H3,(H,28,29)(H,22,23,25)/t12-/m1/s1. The summed E-state index contributed by atoms with van der Waals surface area (Å²) in [6.07, 6.45) is -2.91. The van der Waals surface area contributed by atoms with Gasteiger partial charge in [-0.2, -0.15) is 13.2 Å². The van der Waals surface area contributed by atoms with E-state index in [1.54, 1.807) is 6.92 Å². The summed E-state index contributed by atoms with van der Waals surface area (Å²) in [6, 6.07) is 2.59. The average Bonchev–Trinajstić information content (AvgIpc) is 2.61. The minimum absolute atomic E-state index is 0.0392. The largest absolute Gasteiger partial charge is 0.507 e. The molecule has 2 aromatic rings. The van der Waals surface area contributed by atoms with Gasteiger partial charge in [-0.25, -0.2) is 4.98 Å². The summed E-state index contributed by atoms with van der Waals surface area (Å²) >= 11 is 0. The van der Waals surface area contributed by atoms with Gasteiger partial charge in [0.25, 0.3) is 0 Å². The lowest BCUT2D eigenvalue weighted by Crippen LogP contribution is -2.44. The number of aryl methyl sites for hydroxylation is 1. The zero-order valence-corrected chi connectivity index (χ0v) is 15.6. The summed E-state index contributed by atoms with van der Waals surface area (Å²) in [7, 11) is 0. The van der Waals surface area contributed by atoms with E-state index in [1.807, 2.05) is 4.90 Å². The number of hydrogen-bond donors (Lipinski definition) is 3. The highest BCUT2D eigenvalue weighted by Gasteiger charge is 2.31. The maximum atomic E-state index is 12.8. The van der Waals surface area contributed by atoms with Crippen LogP contribution >= 0.6 is 0 Å². The van der Waals surface area contributed by atoms with Crippen LogP contribution in [0, 0.1) is 6.92 Å². The van der Waals surface area contributed by atoms with Gasteiger partial charge < -0.3 is 15.5 Å². The predicted molar refractivity (Wildman–Crippen MR) is 97.4 cm³/mol. The molecule has 1 aliphatic heterocycles. The first-order valence-corrected chi connectivity index (χ1v) is 8.96. The molecule has 156 valence electrons. The van der Waals surface area contributed by atoms with E-state index in [4.69, 9.17) is 5.11 Å². The van der Waals surface area contributed by atoms with Crippen LogP contribution in [0.25, 0.3) is 11.3 Å². The van der Waals surface area contributed by atoms with Crippen molar-refractivity contribution in [1.82, 2.24) is 20.1 Å². The van der Waals surface area contributed by atoms with Gasteiger partial charge in [0.2, 0.25) is 5.95 Å². The molecule has 2 heterocycles. The number of halogens is 3. The molecule has 0 aliphatic carbocycles. The van der Waals surface area contributed by atoms with Gasteiger partial charge in [0, 0.05) is 18.2 Å². The highest BCUT2D eigenvalue weighted by atomic mass is 19.4. The number of benzene rings is 1. The number of phenolic OH excluding ortho intramolecular Hbond substituents is 1. The molecule has 1 aliphatic rings. The number of aromatic nitrogens is 3. The predicted octanol–water partition coefficient (Wildman–Crippen LogP) is 2.53. The van der Waals surface area contributed by atoms with Gasteiger partial charge in [-0.15, -0.1) is 10.2 Å². The molecular weight excluding hydrogens is 391 g/mol. The van der Waals surface area contributed by atoms with Gasteiger partial charge in [0.1, 0.15) is 11.4 Å². The van der Waals surface area contributed by atoms with E-state index < -0.39 is 23.5 Å². The number of nitrogens with zero attached hydrogens (tertiary/aromatic N) is 4. The molecular formula is C18H20F3N5O3. The smallest absolute Gasteiger partial charge is 0.416 e. The van der Waals surface area contributed by atoms with Gasteiger partial charge in [-0.1, -0.05) is 0 Å². The number of aliphatic carboxylic acids is 1. The minimum atomic E-state index is -4.56. The molecule has 1 aromatic heterocycles. The molecule has 0 amide bonds. The topological polar surface area (TPSA) is 111 Å². The summed E-state index contributed by atoms with van der Waals surface area (Å²) in [5.74, 6) is -1.21. The van der Waals surface area contributed by atoms with E-state index in [9.17, 15) is 23.1 Å². The minimum Gasteiger partial charge on any atom is -0.507 e. The molecule has 0 spiro atoms. The van der Waals surface area contributed by atoms with E-state index >= 15 is 0 Å². The van der Waals surface area contributed by atoms with Crippen LogP contribution in [-0.4, -0.2) is 61.9 Å². The van der Waals surface area contributed by atoms with Crippen LogP contribution in [0.5, 0.6) is 5.75 Å². The molecule has 1 fully saturated rings. The summed E-state index contributed by atoms with van der Waals surface area (Å²) in [5, 5.41) is 30.0. The zero-order valence-electron chi connectivity index (χ0n) is 15.6. The molecule has 1 saturated heterocycles. The Labute approximate surface area is 164 Å². The van der Waals surface area contributed by atoms with Crippen LogP contribution in [0.4, 0.5) is 19.1 Å². The number of anilines is 1. The van der Waals surface area contributed by atoms with Gasteiger partial charge >= 0.3 is 12.1 Å². The van der Waals surface area contributed by atoms with E-state index in [1.165, 1.54) is 0 Å². The molecule has 29 heavy (non-hydrogen) atoms. The number of phenols is 1. The SMILES string of the molecule is Cc1nc(N[C@@H]2CCCN(CC(=O)O)C2)nnc1-c1ccc(C(F)(F)F)cc1O. The van der Waals surface area contributed by atoms with Crippen molar-refractivity contribution in [2.45, 2.75) is 32.0 Å². The summed E-state index contributed by atoms with van der Waals surface area (Å²) in [5.41, 5.74) is -0.292. The van der Waals surface area contributed by atoms with Crippen molar-refractivity contribution in [2.24, 2.45) is 0 Å². The average molecular weight is 411 g/mol. The second-order valence-corrected chi connectivity index (χ2v) is 6.91. The Morgan fingerprint density at radius 1 is 1.34 bits per heavy atom. The van der Waals surface area contributed by atoms with E-state index in [-0.39, 0.29) is 29.8 Å². The van der Waals surface area contributed by atoms with Gasteiger partial charge in [0.15, 0.2) is 0 Å². The van der Waals surface area contributed by atoms with Crippen LogP contribution < -0.4 is 5.32 Å². The molecule has 8 nitrogen and oxygen atoms in total. The fraction of sp³-hybridized carbons (Fsp3) is 0.444. The van der Waals surface area contributed by atoms with Gasteiger partial charge in [-0.05, 0) is 44.5 Å². The van der Waals surface area contributed by atoms with Crippen molar-refractivity contribution < 1.29 is 28.2 Å². The molecule has 1 aromatic carbocycles. The van der Waals surface area contributed by atoms with E-state index in [0.717, 1.165) is 25.0 Å². The Hall–Kier alpha value is -2.95. The summed E-state index contributed by atoms with van der Waals surface area (Å²) < 4.78 is 38.3. The van der Waals surface area contributed by atoms with Crippen LogP contribution in [0.3, 0.4) is 0 Å². The third-order valence-electron chi connectivity index (χ3n) is 4.64. The number of piperidine rings is 1. The van der Waals surface area contributed by atoms with Crippen molar-refractivity contribution >= 4 is 11.9 Å². The van der Waals surface area contributed by atoms with Crippen molar-refractivity contribution in [3.8, 4) is 17.0 Å². The monoisotopic (exact) mass is 411 g/mol. The maximum Gasteiger partial charge on any atom is 0.416 e. The van der Waals surface area contributed by atoms with Crippen LogP contribution in [-0.2, 0) is 11.0 Å². The van der Waals surface area contributed by atoms with E-state index in [2.05, 4.69) is 20.5 Å². The lowest BCUT2D eigenvalue weighted by molar-refractivity contribution is -0.139. The fourth-order valence-corrected chi connectivity index (χ4v) is 3.31. The van der Waals surface area contributed by atoms with Gasteiger partial charge in [0.05, 0.1) is 17.8 Å². The summed E-state index contributed by atoms with van der Waals surface area (Å²) in [6.45, 7) is 2.80. The second kappa shape index (κ2) is 8.19. The molecule has 0 unspecified atom stereocenters. The van der Waals surface area contributed by atoms with Crippen molar-refractivity contribution in [3.05, 3.63) is 29.5 Å². The fourth-order valence-electron chi connectivity index (χ4n) is 3.31. The molecule has 3 rings (SSSR count). The quantitative estimate of drug-likeness (QED) is 0.688. The number of rotatable bonds is 5. The molecule has 1 atom stereocenters. The Morgan fingerprint density at radius 3 is 2.72 bits per heavy atom. The Bertz CT molecular complexity index is 907. The highest BCUT2D eigenvalue weighted by Crippen LogP contribution is 2.36. The summed E-state index contributed by atoms with van der Waals surface area (Å²) in [4.78, 5) is 17.0. The number of carboxylic acid groups (broad SMARTS) is 1. The number of nitrogens with one attached hydrogen (secondary N) is 1. The molecule has 0 saturated carbocycles. The number of likely N-dealkylation sites (tertiary alicyclic amines) is 1. The third kappa shape index (κ3) is 5.11. The zero-order chi connectivity index (χ0) is 21.2. The second-order valence-electron chi connectivity index (χ2n) is 6.91. The van der Waals surface area contributed by atoms with Crippen molar-refractivity contribution in [3.63, 3.8) is 0 Å². The number of carboxylic acids is 1.